The molecule has 1 saturated carbocycles. The molecule has 212 valence electrons. The van der Waals surface area contributed by atoms with Gasteiger partial charge in [-0.3, -0.25) is 9.59 Å². The van der Waals surface area contributed by atoms with Gasteiger partial charge >= 0.3 is 5.97 Å². The fourth-order valence-electron chi connectivity index (χ4n) is 5.17. The average molecular weight is 562 g/mol. The Labute approximate surface area is 233 Å². The van der Waals surface area contributed by atoms with Crippen LogP contribution in [0.3, 0.4) is 0 Å². The van der Waals surface area contributed by atoms with Crippen molar-refractivity contribution >= 4 is 34.3 Å². The molecule has 0 unspecified atom stereocenters. The monoisotopic (exact) mass is 561 g/mol. The van der Waals surface area contributed by atoms with Crippen LogP contribution < -0.4 is 20.8 Å². The van der Waals surface area contributed by atoms with Crippen LogP contribution in [-0.2, 0) is 4.74 Å². The summed E-state index contributed by atoms with van der Waals surface area (Å²) < 4.78 is 28.6. The van der Waals surface area contributed by atoms with Gasteiger partial charge in [0.25, 0.3) is 5.91 Å². The molecule has 2 aromatic carbocycles. The summed E-state index contributed by atoms with van der Waals surface area (Å²) in [6.07, 6.45) is 3.31. The number of fused-ring (bicyclic) bond motifs is 1. The van der Waals surface area contributed by atoms with Gasteiger partial charge in [0.1, 0.15) is 17.1 Å². The van der Waals surface area contributed by atoms with Crippen LogP contribution in [0.1, 0.15) is 39.7 Å². The molecule has 0 atom stereocenters. The van der Waals surface area contributed by atoms with E-state index in [1.807, 2.05) is 9.47 Å². The third kappa shape index (κ3) is 4.62. The standard InChI is InChI=1S/C28H28FN7O5/c1-40-18-7-5-17(6-8-18)36-26(30)24(31-32-36)27(38)34-11-9-33(10-12-34)23-14-22-19(13-21(23)29)25(37)20(28(39)41-2)15-35(22)16-3-4-16/h5-8,13-16H,3-4,9-12,30H2,1-2H3. The summed E-state index contributed by atoms with van der Waals surface area (Å²) in [5, 5.41) is 8.21. The number of methoxy groups -OCH3 is 2. The molecular weight excluding hydrogens is 533 g/mol. The SMILES string of the molecule is COC(=O)c1cn(C2CC2)c2cc(N3CCN(C(=O)c4nnn(-c5ccc(OC)cc5)c4N)CC3)c(F)cc2c1=O. The lowest BCUT2D eigenvalue weighted by Crippen LogP contribution is -2.49. The quantitative estimate of drug-likeness (QED) is 0.352. The molecule has 4 aromatic rings. The number of ether oxygens (including phenoxy) is 2. The van der Waals surface area contributed by atoms with Gasteiger partial charge in [-0.2, -0.15) is 4.68 Å². The van der Waals surface area contributed by atoms with E-state index >= 15 is 4.39 Å². The zero-order valence-corrected chi connectivity index (χ0v) is 22.5. The van der Waals surface area contributed by atoms with E-state index in [1.54, 1.807) is 42.3 Å². The van der Waals surface area contributed by atoms with Crippen LogP contribution in [0.25, 0.3) is 16.6 Å². The number of carbonyl (C=O) groups excluding carboxylic acids is 2. The molecule has 1 aliphatic carbocycles. The lowest BCUT2D eigenvalue weighted by atomic mass is 10.1. The third-order valence-corrected chi connectivity index (χ3v) is 7.58. The van der Waals surface area contributed by atoms with Crippen molar-refractivity contribution in [2.75, 3.05) is 51.0 Å². The van der Waals surface area contributed by atoms with Crippen molar-refractivity contribution in [3.63, 3.8) is 0 Å². The summed E-state index contributed by atoms with van der Waals surface area (Å²) in [7, 11) is 2.78. The highest BCUT2D eigenvalue weighted by molar-refractivity contribution is 5.97. The van der Waals surface area contributed by atoms with E-state index < -0.39 is 17.2 Å². The number of carbonyl (C=O) groups is 2. The number of nitrogens with zero attached hydrogens (tertiary/aromatic N) is 6. The molecular formula is C28H28FN7O5. The second kappa shape index (κ2) is 10.2. The van der Waals surface area contributed by atoms with E-state index in [2.05, 4.69) is 10.3 Å². The topological polar surface area (TPSA) is 138 Å². The van der Waals surface area contributed by atoms with Crippen LogP contribution in [-0.4, -0.2) is 76.7 Å². The zero-order valence-electron chi connectivity index (χ0n) is 22.5. The molecule has 0 bridgehead atoms. The number of hydrogen-bond acceptors (Lipinski definition) is 9. The Hall–Kier alpha value is -4.94. The lowest BCUT2D eigenvalue weighted by molar-refractivity contribution is 0.0598. The lowest BCUT2D eigenvalue weighted by Gasteiger charge is -2.36. The highest BCUT2D eigenvalue weighted by Crippen LogP contribution is 2.38. The van der Waals surface area contributed by atoms with Crippen molar-refractivity contribution in [3.8, 4) is 11.4 Å². The summed E-state index contributed by atoms with van der Waals surface area (Å²) in [4.78, 5) is 41.9. The van der Waals surface area contributed by atoms with Gasteiger partial charge in [0, 0.05) is 43.8 Å². The van der Waals surface area contributed by atoms with Gasteiger partial charge in [-0.15, -0.1) is 5.10 Å². The van der Waals surface area contributed by atoms with Gasteiger partial charge in [0.05, 0.1) is 31.1 Å². The smallest absolute Gasteiger partial charge is 0.343 e. The summed E-state index contributed by atoms with van der Waals surface area (Å²) in [5.41, 5.74) is 7.12. The first-order valence-electron chi connectivity index (χ1n) is 13.2. The van der Waals surface area contributed by atoms with Crippen molar-refractivity contribution in [2.45, 2.75) is 18.9 Å². The van der Waals surface area contributed by atoms with Gasteiger partial charge in [-0.05, 0) is 49.2 Å². The molecule has 3 heterocycles. The van der Waals surface area contributed by atoms with Crippen molar-refractivity contribution < 1.29 is 23.5 Å². The number of esters is 1. The number of anilines is 2. The second-order valence-corrected chi connectivity index (χ2v) is 10.0. The molecule has 1 amide bonds. The highest BCUT2D eigenvalue weighted by atomic mass is 19.1. The van der Waals surface area contributed by atoms with Crippen LogP contribution in [0.2, 0.25) is 0 Å². The van der Waals surface area contributed by atoms with E-state index in [-0.39, 0.29) is 34.4 Å². The van der Waals surface area contributed by atoms with Crippen molar-refractivity contribution in [1.82, 2.24) is 24.5 Å². The summed E-state index contributed by atoms with van der Waals surface area (Å²) in [5.74, 6) is -0.899. The van der Waals surface area contributed by atoms with Crippen LogP contribution in [0.15, 0.2) is 47.4 Å². The number of benzene rings is 2. The molecule has 41 heavy (non-hydrogen) atoms. The molecule has 2 aliphatic rings. The molecule has 1 aliphatic heterocycles. The van der Waals surface area contributed by atoms with Gasteiger partial charge in [-0.25, -0.2) is 9.18 Å². The van der Waals surface area contributed by atoms with E-state index in [0.717, 1.165) is 12.8 Å². The Morgan fingerprint density at radius 3 is 2.39 bits per heavy atom. The Morgan fingerprint density at radius 2 is 1.76 bits per heavy atom. The maximum absolute atomic E-state index is 15.4. The molecule has 2 fully saturated rings. The van der Waals surface area contributed by atoms with Gasteiger partial charge in [0.2, 0.25) is 5.43 Å². The number of pyridine rings is 1. The number of amides is 1. The maximum atomic E-state index is 15.4. The first kappa shape index (κ1) is 26.3. The molecule has 0 spiro atoms. The Morgan fingerprint density at radius 1 is 1.05 bits per heavy atom. The zero-order chi connectivity index (χ0) is 28.8. The van der Waals surface area contributed by atoms with E-state index in [4.69, 9.17) is 15.2 Å². The minimum Gasteiger partial charge on any atom is -0.497 e. The van der Waals surface area contributed by atoms with E-state index in [0.29, 0.717) is 48.8 Å². The van der Waals surface area contributed by atoms with Crippen molar-refractivity contribution in [1.29, 1.82) is 0 Å². The number of nitrogens with two attached hydrogens (primary N) is 1. The first-order chi connectivity index (χ1) is 19.8. The third-order valence-electron chi connectivity index (χ3n) is 7.58. The Bertz CT molecular complexity index is 1720. The largest absolute Gasteiger partial charge is 0.497 e. The predicted molar refractivity (Wildman–Crippen MR) is 148 cm³/mol. The van der Waals surface area contributed by atoms with Crippen LogP contribution in [0.5, 0.6) is 5.75 Å². The van der Waals surface area contributed by atoms with E-state index in [1.165, 1.54) is 24.1 Å². The number of piperazine rings is 1. The fourth-order valence-corrected chi connectivity index (χ4v) is 5.17. The second-order valence-electron chi connectivity index (χ2n) is 10.0. The van der Waals surface area contributed by atoms with Crippen molar-refractivity contribution in [3.05, 3.63) is 69.9 Å². The van der Waals surface area contributed by atoms with Gasteiger partial charge < -0.3 is 29.6 Å². The average Bonchev–Trinajstić information content (AvgIpc) is 3.77. The number of nitrogen functional groups attached to an aromatic ring is 1. The summed E-state index contributed by atoms with van der Waals surface area (Å²) in [6.45, 7) is 1.33. The normalized spacial score (nSPS) is 15.3. The number of rotatable bonds is 6. The molecule has 2 N–H and O–H groups in total. The van der Waals surface area contributed by atoms with Crippen LogP contribution in [0.4, 0.5) is 15.9 Å². The molecule has 12 nitrogen and oxygen atoms in total. The highest BCUT2D eigenvalue weighted by Gasteiger charge is 2.30. The molecule has 1 saturated heterocycles. The number of hydrogen-bond donors (Lipinski definition) is 1. The number of halogens is 1. The van der Waals surface area contributed by atoms with Gasteiger partial charge in [0.15, 0.2) is 11.5 Å². The summed E-state index contributed by atoms with van der Waals surface area (Å²) >= 11 is 0. The van der Waals surface area contributed by atoms with Crippen LogP contribution >= 0.6 is 0 Å². The van der Waals surface area contributed by atoms with Crippen LogP contribution in [0, 0.1) is 5.82 Å². The van der Waals surface area contributed by atoms with Gasteiger partial charge in [-0.1, -0.05) is 5.21 Å². The Balaban J connectivity index is 1.22. The molecule has 13 heteroatoms. The molecule has 2 aromatic heterocycles. The summed E-state index contributed by atoms with van der Waals surface area (Å²) in [6, 6.07) is 10.00. The minimum absolute atomic E-state index is 0.0426. The predicted octanol–water partition coefficient (Wildman–Crippen LogP) is 2.40. The Kier molecular flexibility index (Phi) is 6.56. The minimum atomic E-state index is -0.749. The molecule has 6 rings (SSSR count). The molecule has 0 radical (unpaired) electrons. The van der Waals surface area contributed by atoms with Crippen molar-refractivity contribution in [2.24, 2.45) is 0 Å². The maximum Gasteiger partial charge on any atom is 0.343 e. The fraction of sp³-hybridized carbons (Fsp3) is 0.321. The van der Waals surface area contributed by atoms with E-state index in [9.17, 15) is 14.4 Å². The number of aromatic nitrogens is 4. The first-order valence-corrected chi connectivity index (χ1v) is 13.2.